The van der Waals surface area contributed by atoms with Gasteiger partial charge in [-0.25, -0.2) is 0 Å². The summed E-state index contributed by atoms with van der Waals surface area (Å²) < 4.78 is 29.3. The minimum atomic E-state index is -3.33. The van der Waals surface area contributed by atoms with Crippen LogP contribution in [0.1, 0.15) is 47.5 Å². The summed E-state index contributed by atoms with van der Waals surface area (Å²) >= 11 is 0. The van der Waals surface area contributed by atoms with Crippen LogP contribution in [0, 0.1) is 5.41 Å². The molecule has 0 spiro atoms. The second-order valence-electron chi connectivity index (χ2n) is 18.3. The van der Waals surface area contributed by atoms with Crippen molar-refractivity contribution in [3.8, 4) is 0 Å². The summed E-state index contributed by atoms with van der Waals surface area (Å²) in [6.07, 6.45) is 1.64. The number of nitrogens with one attached hydrogen (secondary N) is 1. The van der Waals surface area contributed by atoms with Crippen LogP contribution in [-0.2, 0) is 17.7 Å². The van der Waals surface area contributed by atoms with Crippen molar-refractivity contribution in [2.45, 2.75) is 115 Å². The molecular weight excluding hydrogens is 795 g/mol. The largest absolute Gasteiger partial charge is 0.478 e. The SMILES string of the molecule is C=C[Si](C)(c1ccccc1)C(C)(C)O[Si](c1ccccc1)(c1ccccc1)C(C)(CC)O[Si](C)(CC[Si](C)(C)O[Si](C)(C)CCCOC(=N)C(=C)C)c1ccccc1. The fourth-order valence-corrected chi connectivity index (χ4v) is 32.6. The Kier molecular flexibility index (Phi) is 15.9. The Morgan fingerprint density at radius 1 is 0.638 bits per heavy atom. The maximum Gasteiger partial charge on any atom is 0.286 e. The average molecular weight is 867 g/mol. The fourth-order valence-electron chi connectivity index (χ4n) is 8.45. The summed E-state index contributed by atoms with van der Waals surface area (Å²) in [6, 6.07) is 46.8. The molecule has 0 heterocycles. The molecule has 0 saturated heterocycles. The Morgan fingerprint density at radius 3 is 1.50 bits per heavy atom. The van der Waals surface area contributed by atoms with E-state index >= 15 is 0 Å². The van der Waals surface area contributed by atoms with E-state index in [1.54, 1.807) is 0 Å². The Hall–Kier alpha value is -3.21. The first-order valence-corrected chi connectivity index (χ1v) is 34.4. The Morgan fingerprint density at radius 2 is 1.07 bits per heavy atom. The summed E-state index contributed by atoms with van der Waals surface area (Å²) in [6.45, 7) is 34.2. The summed E-state index contributed by atoms with van der Waals surface area (Å²) in [5.74, 6) is 0.174. The average Bonchev–Trinajstić information content (AvgIpc) is 3.21. The third-order valence-corrected chi connectivity index (χ3v) is 34.4. The number of hydrogen-bond donors (Lipinski definition) is 1. The predicted octanol–water partition coefficient (Wildman–Crippen LogP) is 10.4. The third-order valence-electron chi connectivity index (χ3n) is 12.4. The standard InChI is InChI=1S/C48H71NO4Si5/c1-14-48(7,52-57(13,43-31-22-17-23-32-43)40-39-55(10,11)53-54(8,9)38-28-37-50-46(49)41(3)4)58(44-33-24-18-25-34-44,45-35-26-19-27-36-45)51-47(5,6)56(12,15-2)42-29-20-16-21-30-42/h15-27,29-36,49H,2-3,14,28,37-40H2,1,4-13H3. The first kappa shape index (κ1) is 47.5. The molecule has 0 amide bonds. The van der Waals surface area contributed by atoms with E-state index in [4.69, 9.17) is 23.1 Å². The smallest absolute Gasteiger partial charge is 0.286 e. The van der Waals surface area contributed by atoms with E-state index in [0.29, 0.717) is 12.2 Å². The van der Waals surface area contributed by atoms with Crippen LogP contribution in [0.3, 0.4) is 0 Å². The minimum Gasteiger partial charge on any atom is -0.478 e. The van der Waals surface area contributed by atoms with Gasteiger partial charge >= 0.3 is 0 Å². The summed E-state index contributed by atoms with van der Waals surface area (Å²) in [5, 5.41) is 11.8. The number of hydrogen-bond acceptors (Lipinski definition) is 5. The molecule has 58 heavy (non-hydrogen) atoms. The molecule has 0 fully saturated rings. The van der Waals surface area contributed by atoms with E-state index in [1.807, 2.05) is 6.92 Å². The molecule has 0 aliphatic rings. The molecule has 1 N–H and O–H groups in total. The highest BCUT2D eigenvalue weighted by atomic mass is 28.4. The second kappa shape index (κ2) is 19.5. The molecule has 0 aliphatic heterocycles. The lowest BCUT2D eigenvalue weighted by Crippen LogP contribution is -2.81. The summed E-state index contributed by atoms with van der Waals surface area (Å²) in [5.41, 5.74) is 2.86. The highest BCUT2D eigenvalue weighted by molar-refractivity contribution is 7.03. The van der Waals surface area contributed by atoms with Gasteiger partial charge in [0.1, 0.15) is 8.07 Å². The van der Waals surface area contributed by atoms with Gasteiger partial charge in [-0.3, -0.25) is 5.41 Å². The van der Waals surface area contributed by atoms with E-state index in [0.717, 1.165) is 31.0 Å². The molecule has 10 heteroatoms. The van der Waals surface area contributed by atoms with E-state index in [1.165, 1.54) is 20.7 Å². The lowest BCUT2D eigenvalue weighted by molar-refractivity contribution is 0.0938. The van der Waals surface area contributed by atoms with Crippen LogP contribution in [0.4, 0.5) is 0 Å². The Bertz CT molecular complexity index is 1900. The van der Waals surface area contributed by atoms with Crippen molar-refractivity contribution < 1.29 is 17.7 Å². The minimum absolute atomic E-state index is 0.174. The van der Waals surface area contributed by atoms with Gasteiger partial charge in [-0.15, -0.1) is 6.58 Å². The van der Waals surface area contributed by atoms with Gasteiger partial charge in [0.15, 0.2) is 16.6 Å². The molecule has 0 aliphatic carbocycles. The second-order valence-corrected chi connectivity index (χ2v) is 39.2. The first-order chi connectivity index (χ1) is 27.2. The molecule has 312 valence electrons. The van der Waals surface area contributed by atoms with Gasteiger partial charge in [0.05, 0.1) is 17.1 Å². The van der Waals surface area contributed by atoms with Gasteiger partial charge in [-0.05, 0) is 107 Å². The van der Waals surface area contributed by atoms with Crippen LogP contribution >= 0.6 is 0 Å². The van der Waals surface area contributed by atoms with E-state index in [9.17, 15) is 0 Å². The number of rotatable bonds is 22. The zero-order valence-corrected chi connectivity index (χ0v) is 42.4. The van der Waals surface area contributed by atoms with Gasteiger partial charge in [0, 0.05) is 5.57 Å². The van der Waals surface area contributed by atoms with Crippen molar-refractivity contribution in [2.75, 3.05) is 6.61 Å². The lowest BCUT2D eigenvalue weighted by Gasteiger charge is -2.55. The summed E-state index contributed by atoms with van der Waals surface area (Å²) in [7, 11) is -12.7. The Balaban J connectivity index is 1.82. The maximum atomic E-state index is 8.22. The van der Waals surface area contributed by atoms with Gasteiger partial charge in [0.25, 0.3) is 8.32 Å². The molecule has 0 bridgehead atoms. The van der Waals surface area contributed by atoms with Crippen molar-refractivity contribution in [3.63, 3.8) is 0 Å². The van der Waals surface area contributed by atoms with E-state index in [2.05, 4.69) is 207 Å². The quantitative estimate of drug-likeness (QED) is 0.0370. The lowest BCUT2D eigenvalue weighted by atomic mass is 10.3. The molecule has 0 aromatic heterocycles. The van der Waals surface area contributed by atoms with Gasteiger partial charge < -0.3 is 17.7 Å². The molecule has 4 aromatic rings. The van der Waals surface area contributed by atoms with Crippen LogP contribution in [-0.4, -0.2) is 64.3 Å². The zero-order valence-electron chi connectivity index (χ0n) is 37.4. The van der Waals surface area contributed by atoms with Crippen molar-refractivity contribution in [3.05, 3.63) is 146 Å². The van der Waals surface area contributed by atoms with Crippen LogP contribution in [0.5, 0.6) is 0 Å². The molecule has 0 saturated carbocycles. The molecule has 3 atom stereocenters. The fraction of sp³-hybridized carbons (Fsp3) is 0.396. The van der Waals surface area contributed by atoms with Crippen molar-refractivity contribution >= 4 is 68.0 Å². The van der Waals surface area contributed by atoms with Gasteiger partial charge in [0.2, 0.25) is 14.2 Å². The number of ether oxygens (including phenoxy) is 1. The molecule has 4 aromatic carbocycles. The van der Waals surface area contributed by atoms with Gasteiger partial charge in [-0.1, -0.05) is 152 Å². The maximum absolute atomic E-state index is 8.22. The van der Waals surface area contributed by atoms with Crippen molar-refractivity contribution in [1.82, 2.24) is 0 Å². The third kappa shape index (κ3) is 10.9. The van der Waals surface area contributed by atoms with Crippen LogP contribution < -0.4 is 20.7 Å². The highest BCUT2D eigenvalue weighted by Gasteiger charge is 2.62. The zero-order chi connectivity index (χ0) is 42.9. The van der Waals surface area contributed by atoms with Crippen LogP contribution in [0.2, 0.25) is 57.4 Å². The molecule has 0 radical (unpaired) electrons. The monoisotopic (exact) mass is 865 g/mol. The Labute approximate surface area is 357 Å². The molecule has 4 rings (SSSR count). The van der Waals surface area contributed by atoms with E-state index < -0.39 is 51.8 Å². The molecule has 3 unspecified atom stereocenters. The summed E-state index contributed by atoms with van der Waals surface area (Å²) in [4.78, 5) is 0. The first-order valence-electron chi connectivity index (χ1n) is 21.0. The molecule has 5 nitrogen and oxygen atoms in total. The van der Waals surface area contributed by atoms with Crippen molar-refractivity contribution in [2.24, 2.45) is 0 Å². The van der Waals surface area contributed by atoms with Crippen LogP contribution in [0.25, 0.3) is 0 Å². The van der Waals surface area contributed by atoms with Gasteiger partial charge in [-0.2, -0.15) is 0 Å². The van der Waals surface area contributed by atoms with Crippen molar-refractivity contribution in [1.29, 1.82) is 5.41 Å². The predicted molar refractivity (Wildman–Crippen MR) is 262 cm³/mol. The number of benzene rings is 4. The highest BCUT2D eigenvalue weighted by Crippen LogP contribution is 2.40. The van der Waals surface area contributed by atoms with Crippen LogP contribution in [0.15, 0.2) is 146 Å². The van der Waals surface area contributed by atoms with E-state index in [-0.39, 0.29) is 5.90 Å². The molecular formula is C48H71NO4Si5. The normalized spacial score (nSPS) is 15.7. The topological polar surface area (TPSA) is 60.8 Å².